The summed E-state index contributed by atoms with van der Waals surface area (Å²) in [5, 5.41) is 0. The van der Waals surface area contributed by atoms with Crippen LogP contribution < -0.4 is 51.4 Å². The fraction of sp³-hybridized carbons (Fsp3) is 0.500. The first kappa shape index (κ1) is 16.2. The van der Waals surface area contributed by atoms with Crippen molar-refractivity contribution in [3.8, 4) is 0 Å². The van der Waals surface area contributed by atoms with E-state index in [1.54, 1.807) is 0 Å². The van der Waals surface area contributed by atoms with Gasteiger partial charge in [0.15, 0.2) is 0 Å². The van der Waals surface area contributed by atoms with Crippen LogP contribution in [0.25, 0.3) is 0 Å². The average molecular weight is 233 g/mol. The Balaban J connectivity index is 0. The van der Waals surface area contributed by atoms with Gasteiger partial charge in [0.25, 0.3) is 0 Å². The Kier molecular flexibility index (Phi) is 8.85. The van der Waals surface area contributed by atoms with Crippen molar-refractivity contribution in [3.63, 3.8) is 0 Å². The van der Waals surface area contributed by atoms with Crippen LogP contribution >= 0.6 is 0 Å². The molecule has 13 heavy (non-hydrogen) atoms. The van der Waals surface area contributed by atoms with E-state index in [0.29, 0.717) is 0 Å². The van der Waals surface area contributed by atoms with Gasteiger partial charge in [0.2, 0.25) is 5.44 Å². The smallest absolute Gasteiger partial charge is 0.440 e. The molecule has 1 unspecified atom stereocenters. The molecule has 0 fully saturated rings. The maximum atomic E-state index is 10.5. The van der Waals surface area contributed by atoms with Gasteiger partial charge in [-0.2, -0.15) is 8.42 Å². The van der Waals surface area contributed by atoms with Gasteiger partial charge in [-0.25, -0.2) is 4.79 Å². The molecule has 0 bridgehead atoms. The van der Waals surface area contributed by atoms with E-state index < -0.39 is 21.5 Å². The fourth-order valence-electron chi connectivity index (χ4n) is 0.532. The van der Waals surface area contributed by atoms with Crippen LogP contribution in [0.4, 0.5) is 0 Å². The average Bonchev–Trinajstić information content (AvgIpc) is 1.97. The summed E-state index contributed by atoms with van der Waals surface area (Å²) in [6.07, 6.45) is 0.826. The standard InChI is InChI=1S/C6H10O5S.K/c1-3-5(7)11-6(4-2)12(8,9)10;/h3,6H,1,4H2,2H3,(H,8,9,10);/q;+1. The molecule has 0 aliphatic carbocycles. The molecule has 7 heteroatoms. The predicted molar refractivity (Wildman–Crippen MR) is 41.9 cm³/mol. The summed E-state index contributed by atoms with van der Waals surface area (Å²) < 4.78 is 33.7. The maximum absolute atomic E-state index is 10.5. The predicted octanol–water partition coefficient (Wildman–Crippen LogP) is -2.66. The zero-order chi connectivity index (χ0) is 9.78. The second-order valence-electron chi connectivity index (χ2n) is 1.99. The zero-order valence-electron chi connectivity index (χ0n) is 7.56. The Labute approximate surface area is 120 Å². The molecule has 0 radical (unpaired) electrons. The summed E-state index contributed by atoms with van der Waals surface area (Å²) in [5.74, 6) is -0.875. The van der Waals surface area contributed by atoms with E-state index in [1.807, 2.05) is 0 Å². The number of hydrogen-bond donors (Lipinski definition) is 1. The molecule has 0 rings (SSSR count). The first-order valence-corrected chi connectivity index (χ1v) is 4.71. The number of carbonyl (C=O) groups is 1. The third kappa shape index (κ3) is 6.78. The summed E-state index contributed by atoms with van der Waals surface area (Å²) >= 11 is 0. The van der Waals surface area contributed by atoms with Crippen LogP contribution in [0.2, 0.25) is 0 Å². The summed E-state index contributed by atoms with van der Waals surface area (Å²) in [6.45, 7) is 4.55. The minimum atomic E-state index is -4.31. The van der Waals surface area contributed by atoms with Crippen LogP contribution in [0.3, 0.4) is 0 Å². The van der Waals surface area contributed by atoms with Crippen molar-refractivity contribution in [1.82, 2.24) is 0 Å². The SMILES string of the molecule is C=CC(=O)OC(CC)S(=O)(=O)O.[K+]. The third-order valence-electron chi connectivity index (χ3n) is 1.08. The first-order chi connectivity index (χ1) is 5.41. The molecule has 0 aromatic carbocycles. The number of ether oxygens (including phenoxy) is 1. The molecule has 0 heterocycles. The van der Waals surface area contributed by atoms with Crippen molar-refractivity contribution in [2.45, 2.75) is 18.8 Å². The van der Waals surface area contributed by atoms with Crippen LogP contribution in [0.5, 0.6) is 0 Å². The molecular formula is C6H10KO5S+. The van der Waals surface area contributed by atoms with E-state index >= 15 is 0 Å². The van der Waals surface area contributed by atoms with Crippen LogP contribution in [-0.2, 0) is 19.6 Å². The maximum Gasteiger partial charge on any atom is 1.00 e. The van der Waals surface area contributed by atoms with Gasteiger partial charge >= 0.3 is 67.5 Å². The van der Waals surface area contributed by atoms with Crippen molar-refractivity contribution in [3.05, 3.63) is 12.7 Å². The van der Waals surface area contributed by atoms with Gasteiger partial charge in [-0.15, -0.1) is 0 Å². The summed E-state index contributed by atoms with van der Waals surface area (Å²) in [4.78, 5) is 10.5. The first-order valence-electron chi connectivity index (χ1n) is 3.21. The van der Waals surface area contributed by atoms with Gasteiger partial charge in [0, 0.05) is 6.08 Å². The minimum Gasteiger partial charge on any atom is -0.440 e. The molecule has 0 spiro atoms. The molecule has 0 aromatic heterocycles. The van der Waals surface area contributed by atoms with Crippen LogP contribution in [0, 0.1) is 0 Å². The van der Waals surface area contributed by atoms with Crippen molar-refractivity contribution >= 4 is 16.1 Å². The Morgan fingerprint density at radius 3 is 2.38 bits per heavy atom. The monoisotopic (exact) mass is 233 g/mol. The minimum absolute atomic E-state index is 0. The zero-order valence-corrected chi connectivity index (χ0v) is 11.5. The molecule has 70 valence electrons. The van der Waals surface area contributed by atoms with Crippen LogP contribution in [0.1, 0.15) is 13.3 Å². The number of rotatable bonds is 4. The second kappa shape index (κ2) is 7.10. The molecule has 0 aliphatic rings. The number of hydrogen-bond acceptors (Lipinski definition) is 4. The van der Waals surface area contributed by atoms with Gasteiger partial charge in [-0.3, -0.25) is 4.55 Å². The summed E-state index contributed by atoms with van der Waals surface area (Å²) in [6, 6.07) is 0. The number of carbonyl (C=O) groups excluding carboxylic acids is 1. The number of esters is 1. The van der Waals surface area contributed by atoms with E-state index in [0.717, 1.165) is 6.08 Å². The topological polar surface area (TPSA) is 80.7 Å². The van der Waals surface area contributed by atoms with Gasteiger partial charge in [-0.1, -0.05) is 13.5 Å². The Morgan fingerprint density at radius 2 is 2.15 bits per heavy atom. The van der Waals surface area contributed by atoms with Gasteiger partial charge in [0.05, 0.1) is 0 Å². The Hall–Kier alpha value is 0.756. The molecular weight excluding hydrogens is 223 g/mol. The van der Waals surface area contributed by atoms with Crippen LogP contribution in [-0.4, -0.2) is 24.4 Å². The summed E-state index contributed by atoms with van der Waals surface area (Å²) in [7, 11) is -4.31. The van der Waals surface area contributed by atoms with E-state index in [2.05, 4.69) is 11.3 Å². The normalized spacial score (nSPS) is 12.5. The molecule has 0 saturated carbocycles. The van der Waals surface area contributed by atoms with E-state index in [-0.39, 0.29) is 57.8 Å². The van der Waals surface area contributed by atoms with Crippen molar-refractivity contribution in [1.29, 1.82) is 0 Å². The third-order valence-corrected chi connectivity index (χ3v) is 2.17. The van der Waals surface area contributed by atoms with Crippen molar-refractivity contribution in [2.24, 2.45) is 0 Å². The van der Waals surface area contributed by atoms with Crippen molar-refractivity contribution < 1.29 is 73.9 Å². The van der Waals surface area contributed by atoms with Gasteiger partial charge in [0.1, 0.15) is 0 Å². The van der Waals surface area contributed by atoms with E-state index in [9.17, 15) is 13.2 Å². The Morgan fingerprint density at radius 1 is 1.69 bits per heavy atom. The molecule has 1 N–H and O–H groups in total. The quantitative estimate of drug-likeness (QED) is 0.248. The van der Waals surface area contributed by atoms with E-state index in [1.165, 1.54) is 6.92 Å². The van der Waals surface area contributed by atoms with Crippen LogP contribution in [0.15, 0.2) is 12.7 Å². The molecule has 0 amide bonds. The molecule has 5 nitrogen and oxygen atoms in total. The van der Waals surface area contributed by atoms with Gasteiger partial charge < -0.3 is 4.74 Å². The molecule has 1 atom stereocenters. The largest absolute Gasteiger partial charge is 1.00 e. The van der Waals surface area contributed by atoms with E-state index in [4.69, 9.17) is 4.55 Å². The van der Waals surface area contributed by atoms with Crippen molar-refractivity contribution in [2.75, 3.05) is 0 Å². The second-order valence-corrected chi connectivity index (χ2v) is 3.55. The fourth-order valence-corrected chi connectivity index (χ4v) is 1.17. The molecule has 0 aromatic rings. The molecule has 0 aliphatic heterocycles. The summed E-state index contributed by atoms with van der Waals surface area (Å²) in [5.41, 5.74) is -1.50. The Bertz CT molecular complexity index is 271. The molecule has 0 saturated heterocycles. The van der Waals surface area contributed by atoms with Gasteiger partial charge in [-0.05, 0) is 6.42 Å².